The van der Waals surface area contributed by atoms with Crippen LogP contribution in [0.5, 0.6) is 0 Å². The van der Waals surface area contributed by atoms with Crippen molar-refractivity contribution in [3.63, 3.8) is 0 Å². The monoisotopic (exact) mass is 218 g/mol. The van der Waals surface area contributed by atoms with Crippen LogP contribution in [0, 0.1) is 0 Å². The summed E-state index contributed by atoms with van der Waals surface area (Å²) in [7, 11) is 1.77. The first kappa shape index (κ1) is 10.9. The van der Waals surface area contributed by atoms with Crippen LogP contribution in [-0.4, -0.2) is 20.0 Å². The fourth-order valence-corrected chi connectivity index (χ4v) is 1.59. The minimum atomic E-state index is -0.997. The van der Waals surface area contributed by atoms with Gasteiger partial charge in [-0.05, 0) is 11.6 Å². The van der Waals surface area contributed by atoms with Gasteiger partial charge in [-0.1, -0.05) is 30.3 Å². The molecule has 0 radical (unpaired) electrons. The molecule has 2 rings (SSSR count). The van der Waals surface area contributed by atoms with Gasteiger partial charge in [0.25, 0.3) is 0 Å². The molecule has 4 nitrogen and oxygen atoms in total. The van der Waals surface area contributed by atoms with Gasteiger partial charge >= 0.3 is 0 Å². The van der Waals surface area contributed by atoms with Crippen LogP contribution in [0.4, 0.5) is 0 Å². The van der Waals surface area contributed by atoms with Crippen molar-refractivity contribution in [2.75, 3.05) is 0 Å². The van der Waals surface area contributed by atoms with Crippen LogP contribution in [0.15, 0.2) is 42.6 Å². The number of aryl methyl sites for hydroxylation is 1. The van der Waals surface area contributed by atoms with Gasteiger partial charge in [0.15, 0.2) is 0 Å². The van der Waals surface area contributed by atoms with Gasteiger partial charge in [0, 0.05) is 13.2 Å². The van der Waals surface area contributed by atoms with Crippen LogP contribution < -0.4 is 0 Å². The summed E-state index contributed by atoms with van der Waals surface area (Å²) in [6, 6.07) is 10.8. The standard InChI is InChI=1S/C12H14N2O2/c1-14-8-7-10(13-14)12(16)11(15)9-5-3-2-4-6-9/h2-8,11-12,15-16H,1H3. The zero-order chi connectivity index (χ0) is 11.5. The van der Waals surface area contributed by atoms with E-state index in [0.29, 0.717) is 11.3 Å². The van der Waals surface area contributed by atoms with Crippen molar-refractivity contribution in [2.45, 2.75) is 12.2 Å². The normalized spacial score (nSPS) is 14.7. The minimum absolute atomic E-state index is 0.471. The molecule has 1 heterocycles. The van der Waals surface area contributed by atoms with Gasteiger partial charge in [0.1, 0.15) is 12.2 Å². The summed E-state index contributed by atoms with van der Waals surface area (Å²) < 4.78 is 1.59. The van der Waals surface area contributed by atoms with E-state index < -0.39 is 12.2 Å². The molecule has 2 aromatic rings. The summed E-state index contributed by atoms with van der Waals surface area (Å²) in [5, 5.41) is 23.9. The lowest BCUT2D eigenvalue weighted by Gasteiger charge is -2.16. The van der Waals surface area contributed by atoms with Crippen molar-refractivity contribution < 1.29 is 10.2 Å². The smallest absolute Gasteiger partial charge is 0.128 e. The first-order valence-corrected chi connectivity index (χ1v) is 5.09. The summed E-state index contributed by atoms with van der Waals surface area (Å²) in [5.41, 5.74) is 1.15. The van der Waals surface area contributed by atoms with Crippen molar-refractivity contribution in [3.05, 3.63) is 53.9 Å². The fraction of sp³-hybridized carbons (Fsp3) is 0.250. The van der Waals surface area contributed by atoms with Crippen LogP contribution in [-0.2, 0) is 7.05 Å². The van der Waals surface area contributed by atoms with Crippen molar-refractivity contribution >= 4 is 0 Å². The molecular formula is C12H14N2O2. The van der Waals surface area contributed by atoms with E-state index in [4.69, 9.17) is 0 Å². The molecule has 16 heavy (non-hydrogen) atoms. The van der Waals surface area contributed by atoms with E-state index in [2.05, 4.69) is 5.10 Å². The number of nitrogens with zero attached hydrogens (tertiary/aromatic N) is 2. The van der Waals surface area contributed by atoms with Gasteiger partial charge in [0.05, 0.1) is 5.69 Å². The third kappa shape index (κ3) is 2.13. The zero-order valence-electron chi connectivity index (χ0n) is 8.99. The molecule has 2 atom stereocenters. The van der Waals surface area contributed by atoms with Crippen molar-refractivity contribution in [3.8, 4) is 0 Å². The zero-order valence-corrected chi connectivity index (χ0v) is 8.99. The summed E-state index contributed by atoms with van der Waals surface area (Å²) >= 11 is 0. The van der Waals surface area contributed by atoms with Crippen LogP contribution in [0.1, 0.15) is 23.5 Å². The average molecular weight is 218 g/mol. The van der Waals surface area contributed by atoms with E-state index >= 15 is 0 Å². The van der Waals surface area contributed by atoms with Crippen LogP contribution in [0.2, 0.25) is 0 Å². The van der Waals surface area contributed by atoms with E-state index in [9.17, 15) is 10.2 Å². The molecule has 0 bridgehead atoms. The third-order valence-electron chi connectivity index (χ3n) is 2.48. The van der Waals surface area contributed by atoms with Gasteiger partial charge in [-0.2, -0.15) is 5.10 Å². The Morgan fingerprint density at radius 1 is 1.06 bits per heavy atom. The van der Waals surface area contributed by atoms with E-state index in [1.807, 2.05) is 18.2 Å². The SMILES string of the molecule is Cn1ccc(C(O)C(O)c2ccccc2)n1. The predicted molar refractivity (Wildman–Crippen MR) is 59.6 cm³/mol. The largest absolute Gasteiger partial charge is 0.385 e. The summed E-state index contributed by atoms with van der Waals surface area (Å²) in [4.78, 5) is 0. The maximum atomic E-state index is 9.95. The number of hydrogen-bond donors (Lipinski definition) is 2. The number of hydrogen-bond acceptors (Lipinski definition) is 3. The molecule has 0 fully saturated rings. The molecule has 2 unspecified atom stereocenters. The van der Waals surface area contributed by atoms with E-state index in [1.54, 1.807) is 36.1 Å². The Balaban J connectivity index is 2.19. The number of aliphatic hydroxyl groups excluding tert-OH is 2. The van der Waals surface area contributed by atoms with Crippen LogP contribution in [0.3, 0.4) is 0 Å². The molecule has 1 aromatic carbocycles. The second-order valence-electron chi connectivity index (χ2n) is 3.71. The van der Waals surface area contributed by atoms with E-state index in [1.165, 1.54) is 0 Å². The topological polar surface area (TPSA) is 58.3 Å². The molecule has 2 N–H and O–H groups in total. The van der Waals surface area contributed by atoms with Crippen molar-refractivity contribution in [1.82, 2.24) is 9.78 Å². The quantitative estimate of drug-likeness (QED) is 0.813. The highest BCUT2D eigenvalue weighted by Gasteiger charge is 2.21. The van der Waals surface area contributed by atoms with Gasteiger partial charge in [0.2, 0.25) is 0 Å². The molecule has 0 aliphatic carbocycles. The Morgan fingerprint density at radius 2 is 1.75 bits per heavy atom. The minimum Gasteiger partial charge on any atom is -0.385 e. The van der Waals surface area contributed by atoms with Crippen LogP contribution in [0.25, 0.3) is 0 Å². The Kier molecular flexibility index (Phi) is 3.03. The summed E-state index contributed by atoms with van der Waals surface area (Å²) in [5.74, 6) is 0. The molecule has 84 valence electrons. The number of aliphatic hydroxyl groups is 2. The maximum absolute atomic E-state index is 9.95. The first-order chi connectivity index (χ1) is 7.68. The molecule has 0 aliphatic heterocycles. The lowest BCUT2D eigenvalue weighted by molar-refractivity contribution is 0.0143. The van der Waals surface area contributed by atoms with Gasteiger partial charge in [-0.3, -0.25) is 4.68 Å². The van der Waals surface area contributed by atoms with E-state index in [0.717, 1.165) is 0 Å². The average Bonchev–Trinajstić information content (AvgIpc) is 2.75. The highest BCUT2D eigenvalue weighted by molar-refractivity contribution is 5.20. The molecule has 0 amide bonds. The van der Waals surface area contributed by atoms with Gasteiger partial charge in [-0.15, -0.1) is 0 Å². The van der Waals surface area contributed by atoms with E-state index in [-0.39, 0.29) is 0 Å². The lowest BCUT2D eigenvalue weighted by atomic mass is 10.0. The second-order valence-corrected chi connectivity index (χ2v) is 3.71. The molecule has 0 saturated heterocycles. The van der Waals surface area contributed by atoms with Gasteiger partial charge in [-0.25, -0.2) is 0 Å². The summed E-state index contributed by atoms with van der Waals surface area (Å²) in [6.07, 6.45) is -0.212. The Bertz CT molecular complexity index is 453. The predicted octanol–water partition coefficient (Wildman–Crippen LogP) is 1.19. The highest BCUT2D eigenvalue weighted by Crippen LogP contribution is 2.26. The number of rotatable bonds is 3. The molecule has 0 spiro atoms. The molecule has 1 aromatic heterocycles. The van der Waals surface area contributed by atoms with Crippen LogP contribution >= 0.6 is 0 Å². The highest BCUT2D eigenvalue weighted by atomic mass is 16.3. The van der Waals surface area contributed by atoms with Crippen molar-refractivity contribution in [2.24, 2.45) is 7.05 Å². The second kappa shape index (κ2) is 4.47. The lowest BCUT2D eigenvalue weighted by Crippen LogP contribution is -2.11. The number of benzene rings is 1. The summed E-state index contributed by atoms with van der Waals surface area (Å²) in [6.45, 7) is 0. The Morgan fingerprint density at radius 3 is 2.31 bits per heavy atom. The Hall–Kier alpha value is -1.65. The molecule has 4 heteroatoms. The fourth-order valence-electron chi connectivity index (χ4n) is 1.59. The Labute approximate surface area is 93.8 Å². The number of aromatic nitrogens is 2. The molecule has 0 saturated carbocycles. The third-order valence-corrected chi connectivity index (χ3v) is 2.48. The van der Waals surface area contributed by atoms with Crippen molar-refractivity contribution in [1.29, 1.82) is 0 Å². The maximum Gasteiger partial charge on any atom is 0.128 e. The van der Waals surface area contributed by atoms with Gasteiger partial charge < -0.3 is 10.2 Å². The first-order valence-electron chi connectivity index (χ1n) is 5.09. The molecular weight excluding hydrogens is 204 g/mol. The molecule has 0 aliphatic rings.